The molecule has 1 saturated carbocycles. The molecule has 0 radical (unpaired) electrons. The quantitative estimate of drug-likeness (QED) is 0.725. The van der Waals surface area contributed by atoms with Crippen LogP contribution < -0.4 is 10.2 Å². The number of nitrogens with zero attached hydrogens (tertiary/aromatic N) is 1. The fourth-order valence-corrected chi connectivity index (χ4v) is 4.51. The second-order valence-electron chi connectivity index (χ2n) is 7.82. The molecule has 1 aliphatic carbocycles. The lowest BCUT2D eigenvalue weighted by Crippen LogP contribution is -2.37. The molecule has 1 amide bonds. The first kappa shape index (κ1) is 17.3. The number of para-hydroxylation sites is 3. The van der Waals surface area contributed by atoms with E-state index >= 15 is 0 Å². The highest BCUT2D eigenvalue weighted by Crippen LogP contribution is 2.52. The molecule has 2 N–H and O–H groups in total. The number of carbonyl (C=O) groups excluding carboxylic acids is 1. The molecule has 5 nitrogen and oxygen atoms in total. The Balaban J connectivity index is 1.47. The number of benzene rings is 2. The van der Waals surface area contributed by atoms with Crippen LogP contribution in [0.2, 0.25) is 0 Å². The molecule has 0 bridgehead atoms. The largest absolute Gasteiger partial charge is 0.378 e. The minimum Gasteiger partial charge on any atom is -0.378 e. The molecule has 0 atom stereocenters. The van der Waals surface area contributed by atoms with Crippen molar-refractivity contribution < 1.29 is 9.53 Å². The summed E-state index contributed by atoms with van der Waals surface area (Å²) in [6.07, 6.45) is 1.78. The zero-order valence-electron chi connectivity index (χ0n) is 16.1. The van der Waals surface area contributed by atoms with E-state index in [1.165, 1.54) is 0 Å². The second kappa shape index (κ2) is 6.67. The predicted molar refractivity (Wildman–Crippen MR) is 112 cm³/mol. The van der Waals surface area contributed by atoms with Gasteiger partial charge in [0, 0.05) is 29.7 Å². The Bertz CT molecular complexity index is 1030. The Morgan fingerprint density at radius 1 is 1.07 bits per heavy atom. The molecular formula is C23H25N3O2. The van der Waals surface area contributed by atoms with Crippen molar-refractivity contribution in [2.24, 2.45) is 0 Å². The van der Waals surface area contributed by atoms with Gasteiger partial charge in [-0.05, 0) is 43.5 Å². The maximum absolute atomic E-state index is 13.5. The first-order valence-corrected chi connectivity index (χ1v) is 10.00. The molecule has 5 heteroatoms. The molecule has 0 unspecified atom stereocenters. The average Bonchev–Trinajstić information content (AvgIpc) is 3.45. The summed E-state index contributed by atoms with van der Waals surface area (Å²) in [4.78, 5) is 19.2. The van der Waals surface area contributed by atoms with Crippen LogP contribution in [0.25, 0.3) is 10.9 Å². The average molecular weight is 375 g/mol. The Kier molecular flexibility index (Phi) is 4.13. The Morgan fingerprint density at radius 2 is 1.79 bits per heavy atom. The summed E-state index contributed by atoms with van der Waals surface area (Å²) in [5.74, 6) is 0.0982. The zero-order chi connectivity index (χ0) is 19.1. The Hall–Kier alpha value is -2.79. The lowest BCUT2D eigenvalue weighted by molar-refractivity contribution is -0.118. The van der Waals surface area contributed by atoms with E-state index in [1.807, 2.05) is 30.3 Å². The number of hydrogen-bond acceptors (Lipinski definition) is 3. The number of amides is 1. The smallest absolute Gasteiger partial charge is 0.235 e. The SMILES string of the molecule is Cc1[nH]c2ccccc2c1C1(C(=O)Nc2ccccc2N2CCOCC2)CC1. The highest BCUT2D eigenvalue weighted by atomic mass is 16.5. The van der Waals surface area contributed by atoms with E-state index in [-0.39, 0.29) is 5.91 Å². The van der Waals surface area contributed by atoms with Gasteiger partial charge in [0.1, 0.15) is 0 Å². The van der Waals surface area contributed by atoms with Crippen molar-refractivity contribution in [1.29, 1.82) is 0 Å². The van der Waals surface area contributed by atoms with Gasteiger partial charge < -0.3 is 19.9 Å². The maximum atomic E-state index is 13.5. The number of hydrogen-bond donors (Lipinski definition) is 2. The molecule has 2 fully saturated rings. The summed E-state index contributed by atoms with van der Waals surface area (Å²) in [6, 6.07) is 16.4. The minimum atomic E-state index is -0.429. The molecule has 1 saturated heterocycles. The fraction of sp³-hybridized carbons (Fsp3) is 0.348. The van der Waals surface area contributed by atoms with Gasteiger partial charge in [0.05, 0.1) is 30.0 Å². The van der Waals surface area contributed by atoms with E-state index in [2.05, 4.69) is 40.3 Å². The number of rotatable bonds is 4. The summed E-state index contributed by atoms with van der Waals surface area (Å²) in [5, 5.41) is 4.42. The summed E-state index contributed by atoms with van der Waals surface area (Å²) in [6.45, 7) is 5.21. The topological polar surface area (TPSA) is 57.4 Å². The minimum absolute atomic E-state index is 0.0982. The molecule has 3 aromatic rings. The molecule has 2 aliphatic rings. The van der Waals surface area contributed by atoms with Gasteiger partial charge in [0.15, 0.2) is 0 Å². The van der Waals surface area contributed by atoms with Crippen molar-refractivity contribution in [2.45, 2.75) is 25.2 Å². The van der Waals surface area contributed by atoms with Crippen molar-refractivity contribution >= 4 is 28.2 Å². The van der Waals surface area contributed by atoms with Gasteiger partial charge in [0.2, 0.25) is 5.91 Å². The third-order valence-corrected chi connectivity index (χ3v) is 6.06. The molecule has 0 spiro atoms. The number of carbonyl (C=O) groups is 1. The van der Waals surface area contributed by atoms with Gasteiger partial charge in [-0.3, -0.25) is 4.79 Å². The van der Waals surface area contributed by atoms with Crippen molar-refractivity contribution in [2.75, 3.05) is 36.5 Å². The van der Waals surface area contributed by atoms with E-state index in [9.17, 15) is 4.79 Å². The number of aromatic nitrogens is 1. The number of fused-ring (bicyclic) bond motifs is 1. The third kappa shape index (κ3) is 2.78. The van der Waals surface area contributed by atoms with Gasteiger partial charge in [-0.2, -0.15) is 0 Å². The molecule has 28 heavy (non-hydrogen) atoms. The van der Waals surface area contributed by atoms with Crippen molar-refractivity contribution in [3.8, 4) is 0 Å². The standard InChI is InChI=1S/C23H25N3O2/c1-16-21(17-6-2-3-7-18(17)24-16)23(10-11-23)22(27)25-19-8-4-5-9-20(19)26-12-14-28-15-13-26/h2-9,24H,10-15H2,1H3,(H,25,27). The zero-order valence-corrected chi connectivity index (χ0v) is 16.1. The number of aryl methyl sites for hydroxylation is 1. The second-order valence-corrected chi connectivity index (χ2v) is 7.82. The van der Waals surface area contributed by atoms with Gasteiger partial charge in [-0.15, -0.1) is 0 Å². The van der Waals surface area contributed by atoms with Crippen molar-refractivity contribution in [3.05, 3.63) is 59.8 Å². The molecule has 5 rings (SSSR count). The van der Waals surface area contributed by atoms with E-state index < -0.39 is 5.41 Å². The number of aromatic amines is 1. The number of H-pyrrole nitrogens is 1. The van der Waals surface area contributed by atoms with Gasteiger partial charge in [0.25, 0.3) is 0 Å². The molecule has 1 aromatic heterocycles. The van der Waals surface area contributed by atoms with E-state index in [4.69, 9.17) is 4.74 Å². The Labute approximate surface area is 164 Å². The van der Waals surface area contributed by atoms with Crippen molar-refractivity contribution in [1.82, 2.24) is 4.98 Å². The van der Waals surface area contributed by atoms with Gasteiger partial charge in [-0.25, -0.2) is 0 Å². The third-order valence-electron chi connectivity index (χ3n) is 6.06. The monoisotopic (exact) mass is 375 g/mol. The lowest BCUT2D eigenvalue weighted by Gasteiger charge is -2.31. The predicted octanol–water partition coefficient (Wildman–Crippen LogP) is 3.98. The van der Waals surface area contributed by atoms with Crippen LogP contribution in [0, 0.1) is 6.92 Å². The molecule has 2 heterocycles. The van der Waals surface area contributed by atoms with E-state index in [0.717, 1.165) is 72.7 Å². The van der Waals surface area contributed by atoms with E-state index in [1.54, 1.807) is 0 Å². The summed E-state index contributed by atoms with van der Waals surface area (Å²) >= 11 is 0. The van der Waals surface area contributed by atoms with Gasteiger partial charge >= 0.3 is 0 Å². The first-order chi connectivity index (χ1) is 13.7. The highest BCUT2D eigenvalue weighted by molar-refractivity contribution is 6.06. The normalized spacial score (nSPS) is 18.2. The number of ether oxygens (including phenoxy) is 1. The number of morpholine rings is 1. The maximum Gasteiger partial charge on any atom is 0.235 e. The van der Waals surface area contributed by atoms with Crippen molar-refractivity contribution in [3.63, 3.8) is 0 Å². The fourth-order valence-electron chi connectivity index (χ4n) is 4.51. The summed E-state index contributed by atoms with van der Waals surface area (Å²) in [5.41, 5.74) is 4.88. The molecule has 1 aliphatic heterocycles. The van der Waals surface area contributed by atoms with Crippen LogP contribution in [-0.2, 0) is 14.9 Å². The van der Waals surface area contributed by atoms with Gasteiger partial charge in [-0.1, -0.05) is 30.3 Å². The summed E-state index contributed by atoms with van der Waals surface area (Å²) < 4.78 is 5.48. The molecular weight excluding hydrogens is 350 g/mol. The van der Waals surface area contributed by atoms with Crippen LogP contribution >= 0.6 is 0 Å². The highest BCUT2D eigenvalue weighted by Gasteiger charge is 2.53. The lowest BCUT2D eigenvalue weighted by atomic mass is 9.92. The van der Waals surface area contributed by atoms with Crippen LogP contribution in [-0.4, -0.2) is 37.2 Å². The summed E-state index contributed by atoms with van der Waals surface area (Å²) in [7, 11) is 0. The van der Waals surface area contributed by atoms with Crippen LogP contribution in [0.3, 0.4) is 0 Å². The van der Waals surface area contributed by atoms with Crippen LogP contribution in [0.4, 0.5) is 11.4 Å². The number of anilines is 2. The molecule has 144 valence electrons. The van der Waals surface area contributed by atoms with Crippen LogP contribution in [0.1, 0.15) is 24.1 Å². The van der Waals surface area contributed by atoms with E-state index in [0.29, 0.717) is 0 Å². The van der Waals surface area contributed by atoms with Crippen LogP contribution in [0.15, 0.2) is 48.5 Å². The Morgan fingerprint density at radius 3 is 2.57 bits per heavy atom. The number of nitrogens with one attached hydrogen (secondary N) is 2. The molecule has 2 aromatic carbocycles. The first-order valence-electron chi connectivity index (χ1n) is 10.00. The van der Waals surface area contributed by atoms with Crippen LogP contribution in [0.5, 0.6) is 0 Å².